The number of nitrogens with zero attached hydrogens (tertiary/aromatic N) is 3. The van der Waals surface area contributed by atoms with E-state index in [2.05, 4.69) is 26.4 Å². The van der Waals surface area contributed by atoms with E-state index < -0.39 is 0 Å². The quantitative estimate of drug-likeness (QED) is 0.633. The largest absolute Gasteiger partial charge is 0.338 e. The van der Waals surface area contributed by atoms with Crippen molar-refractivity contribution in [3.05, 3.63) is 64.5 Å². The van der Waals surface area contributed by atoms with E-state index in [-0.39, 0.29) is 11.8 Å². The lowest BCUT2D eigenvalue weighted by Gasteiger charge is -2.31. The second kappa shape index (κ2) is 8.98. The Morgan fingerprint density at radius 2 is 2.03 bits per heavy atom. The molecule has 30 heavy (non-hydrogen) atoms. The summed E-state index contributed by atoms with van der Waals surface area (Å²) in [4.78, 5) is 19.5. The predicted octanol–water partition coefficient (Wildman–Crippen LogP) is 4.86. The number of amides is 1. The van der Waals surface area contributed by atoms with Crippen molar-refractivity contribution in [1.29, 1.82) is 0 Å². The average Bonchev–Trinajstić information content (AvgIpc) is 3.19. The van der Waals surface area contributed by atoms with Gasteiger partial charge in [-0.25, -0.2) is 0 Å². The van der Waals surface area contributed by atoms with Crippen LogP contribution in [0.4, 0.5) is 5.69 Å². The number of carbonyl (C=O) groups excluding carboxylic acids is 1. The highest BCUT2D eigenvalue weighted by Gasteiger charge is 2.27. The number of hydrogen-bond donors (Lipinski definition) is 1. The van der Waals surface area contributed by atoms with Crippen LogP contribution in [0.3, 0.4) is 0 Å². The molecule has 0 bridgehead atoms. The maximum absolute atomic E-state index is 12.8. The minimum atomic E-state index is -0.0573. The highest BCUT2D eigenvalue weighted by atomic mass is 35.5. The molecule has 1 N–H and O–H groups in total. The van der Waals surface area contributed by atoms with Gasteiger partial charge in [-0.05, 0) is 69.1 Å². The van der Waals surface area contributed by atoms with E-state index >= 15 is 0 Å². The molecule has 4 rings (SSSR count). The van der Waals surface area contributed by atoms with Crippen LogP contribution in [0.15, 0.2) is 47.0 Å². The van der Waals surface area contributed by atoms with Crippen LogP contribution in [-0.2, 0) is 11.3 Å². The minimum Gasteiger partial charge on any atom is -0.338 e. The van der Waals surface area contributed by atoms with E-state index in [4.69, 9.17) is 16.1 Å². The topological polar surface area (TPSA) is 71.3 Å². The van der Waals surface area contributed by atoms with Crippen LogP contribution in [-0.4, -0.2) is 34.0 Å². The Balaban J connectivity index is 1.37. The number of likely N-dealkylation sites (tertiary alicyclic amines) is 1. The zero-order valence-electron chi connectivity index (χ0n) is 17.2. The summed E-state index contributed by atoms with van der Waals surface area (Å²) in [5.41, 5.74) is 4.01. The minimum absolute atomic E-state index is 0.0573. The first-order valence-electron chi connectivity index (χ1n) is 10.2. The molecule has 0 radical (unpaired) electrons. The molecule has 2 heterocycles. The van der Waals surface area contributed by atoms with Gasteiger partial charge in [0, 0.05) is 22.8 Å². The fourth-order valence-corrected chi connectivity index (χ4v) is 3.95. The molecule has 0 saturated carbocycles. The number of anilines is 1. The fraction of sp³-hybridized carbons (Fsp3) is 0.348. The summed E-state index contributed by atoms with van der Waals surface area (Å²) in [6.07, 6.45) is 1.84. The molecular formula is C23H25ClN4O2. The SMILES string of the molecule is Cc1ccc(NC(=O)C2CCCN(Cc3nc(-c4ccc(Cl)cc4)no3)C2)c(C)c1. The molecule has 1 unspecified atom stereocenters. The molecular weight excluding hydrogens is 400 g/mol. The van der Waals surface area contributed by atoms with Gasteiger partial charge in [-0.15, -0.1) is 0 Å². The van der Waals surface area contributed by atoms with Gasteiger partial charge >= 0.3 is 0 Å². The van der Waals surface area contributed by atoms with Gasteiger partial charge in [0.25, 0.3) is 0 Å². The molecule has 3 aromatic rings. The van der Waals surface area contributed by atoms with Gasteiger partial charge in [0.05, 0.1) is 12.5 Å². The zero-order valence-corrected chi connectivity index (χ0v) is 17.9. The lowest BCUT2D eigenvalue weighted by Crippen LogP contribution is -2.40. The molecule has 156 valence electrons. The van der Waals surface area contributed by atoms with Gasteiger partial charge < -0.3 is 9.84 Å². The molecule has 6 nitrogen and oxygen atoms in total. The Labute approximate surface area is 181 Å². The van der Waals surface area contributed by atoms with Crippen molar-refractivity contribution in [2.75, 3.05) is 18.4 Å². The Morgan fingerprint density at radius 3 is 2.80 bits per heavy atom. The summed E-state index contributed by atoms with van der Waals surface area (Å²) >= 11 is 5.94. The third-order valence-corrected chi connectivity index (χ3v) is 5.70. The highest BCUT2D eigenvalue weighted by molar-refractivity contribution is 6.30. The third-order valence-electron chi connectivity index (χ3n) is 5.45. The molecule has 1 saturated heterocycles. The van der Waals surface area contributed by atoms with E-state index in [1.807, 2.05) is 38.1 Å². The number of aryl methyl sites for hydroxylation is 2. The lowest BCUT2D eigenvalue weighted by molar-refractivity contribution is -0.121. The first-order valence-corrected chi connectivity index (χ1v) is 10.5. The Hall–Kier alpha value is -2.70. The molecule has 1 aliphatic rings. The second-order valence-electron chi connectivity index (χ2n) is 7.90. The van der Waals surface area contributed by atoms with Gasteiger partial charge in [-0.1, -0.05) is 34.5 Å². The summed E-state index contributed by atoms with van der Waals surface area (Å²) in [6.45, 7) is 6.19. The van der Waals surface area contributed by atoms with Crippen LogP contribution in [0.5, 0.6) is 0 Å². The number of aromatic nitrogens is 2. The van der Waals surface area contributed by atoms with Crippen molar-refractivity contribution < 1.29 is 9.32 Å². The smallest absolute Gasteiger partial charge is 0.241 e. The Kier molecular flexibility index (Phi) is 6.16. The number of halogens is 1. The zero-order chi connectivity index (χ0) is 21.1. The molecule has 1 fully saturated rings. The third kappa shape index (κ3) is 4.89. The summed E-state index contributed by atoms with van der Waals surface area (Å²) < 4.78 is 5.43. The van der Waals surface area contributed by atoms with Crippen LogP contribution in [0.1, 0.15) is 29.9 Å². The Morgan fingerprint density at radius 1 is 1.23 bits per heavy atom. The summed E-state index contributed by atoms with van der Waals surface area (Å²) in [6, 6.07) is 13.4. The summed E-state index contributed by atoms with van der Waals surface area (Å²) in [7, 11) is 0. The molecule has 7 heteroatoms. The van der Waals surface area contributed by atoms with Crippen molar-refractivity contribution in [3.8, 4) is 11.4 Å². The Bertz CT molecular complexity index is 1030. The van der Waals surface area contributed by atoms with Gasteiger partial charge in [-0.2, -0.15) is 4.98 Å². The number of nitrogens with one attached hydrogen (secondary N) is 1. The van der Waals surface area contributed by atoms with Crippen molar-refractivity contribution in [2.24, 2.45) is 5.92 Å². The highest BCUT2D eigenvalue weighted by Crippen LogP contribution is 2.23. The lowest BCUT2D eigenvalue weighted by atomic mass is 9.96. The number of benzene rings is 2. The van der Waals surface area contributed by atoms with E-state index in [0.717, 1.165) is 36.2 Å². The van der Waals surface area contributed by atoms with Gasteiger partial charge in [0.1, 0.15) is 0 Å². The van der Waals surface area contributed by atoms with Crippen LogP contribution >= 0.6 is 11.6 Å². The van der Waals surface area contributed by atoms with Crippen molar-refractivity contribution in [1.82, 2.24) is 15.0 Å². The van der Waals surface area contributed by atoms with Crippen LogP contribution in [0.25, 0.3) is 11.4 Å². The van der Waals surface area contributed by atoms with E-state index in [1.54, 1.807) is 12.1 Å². The molecule has 0 aliphatic carbocycles. The average molecular weight is 425 g/mol. The van der Waals surface area contributed by atoms with Crippen LogP contribution in [0.2, 0.25) is 5.02 Å². The van der Waals surface area contributed by atoms with E-state index in [9.17, 15) is 4.79 Å². The van der Waals surface area contributed by atoms with Crippen LogP contribution < -0.4 is 5.32 Å². The van der Waals surface area contributed by atoms with Gasteiger partial charge in [-0.3, -0.25) is 9.69 Å². The number of hydrogen-bond acceptors (Lipinski definition) is 5. The van der Waals surface area contributed by atoms with Gasteiger partial charge in [0.15, 0.2) is 0 Å². The molecule has 1 aliphatic heterocycles. The first kappa shape index (κ1) is 20.6. The summed E-state index contributed by atoms with van der Waals surface area (Å²) in [5, 5.41) is 7.83. The first-order chi connectivity index (χ1) is 14.5. The molecule has 1 aromatic heterocycles. The van der Waals surface area contributed by atoms with E-state index in [0.29, 0.717) is 29.8 Å². The normalized spacial score (nSPS) is 17.1. The van der Waals surface area contributed by atoms with Gasteiger partial charge in [0.2, 0.25) is 17.6 Å². The van der Waals surface area contributed by atoms with Crippen molar-refractivity contribution in [2.45, 2.75) is 33.2 Å². The maximum Gasteiger partial charge on any atom is 0.241 e. The number of carbonyl (C=O) groups is 1. The van der Waals surface area contributed by atoms with Crippen molar-refractivity contribution >= 4 is 23.2 Å². The molecule has 1 atom stereocenters. The van der Waals surface area contributed by atoms with Crippen molar-refractivity contribution in [3.63, 3.8) is 0 Å². The molecule has 1 amide bonds. The number of piperidine rings is 1. The molecule has 2 aromatic carbocycles. The summed E-state index contributed by atoms with van der Waals surface area (Å²) in [5.74, 6) is 1.11. The predicted molar refractivity (Wildman–Crippen MR) is 117 cm³/mol. The van der Waals surface area contributed by atoms with E-state index in [1.165, 1.54) is 5.56 Å². The second-order valence-corrected chi connectivity index (χ2v) is 8.34. The standard InChI is InChI=1S/C23H25ClN4O2/c1-15-5-10-20(16(2)12-15)25-23(29)18-4-3-11-28(13-18)14-21-26-22(27-30-21)17-6-8-19(24)9-7-17/h5-10,12,18H,3-4,11,13-14H2,1-2H3,(H,25,29). The fourth-order valence-electron chi connectivity index (χ4n) is 3.83. The number of rotatable bonds is 5. The molecule has 0 spiro atoms. The maximum atomic E-state index is 12.8. The monoisotopic (exact) mass is 424 g/mol. The van der Waals surface area contributed by atoms with Crippen LogP contribution in [0, 0.1) is 19.8 Å².